The van der Waals surface area contributed by atoms with Crippen molar-refractivity contribution < 1.29 is 24.7 Å². The minimum Gasteiger partial charge on any atom is -0.630 e. The van der Waals surface area contributed by atoms with Gasteiger partial charge in [-0.3, -0.25) is 14.9 Å². The van der Waals surface area contributed by atoms with Gasteiger partial charge in [-0.15, -0.1) is 0 Å². The number of ether oxygens (including phenoxy) is 1. The van der Waals surface area contributed by atoms with Crippen molar-refractivity contribution in [1.82, 2.24) is 0 Å². The van der Waals surface area contributed by atoms with Crippen LogP contribution in [0.3, 0.4) is 0 Å². The van der Waals surface area contributed by atoms with Gasteiger partial charge in [0.15, 0.2) is 5.78 Å². The summed E-state index contributed by atoms with van der Waals surface area (Å²) in [6, 6.07) is 6.60. The third-order valence-corrected chi connectivity index (χ3v) is 3.76. The van der Waals surface area contributed by atoms with E-state index < -0.39 is 16.7 Å². The Morgan fingerprint density at radius 1 is 1.21 bits per heavy atom. The number of benzene rings is 2. The molecular weight excluding hydrogens is 316 g/mol. The Morgan fingerprint density at radius 2 is 1.96 bits per heavy atom. The van der Waals surface area contributed by atoms with E-state index in [2.05, 4.69) is 0 Å². The van der Waals surface area contributed by atoms with E-state index in [1.165, 1.54) is 30.3 Å². The average molecular weight is 328 g/mol. The van der Waals surface area contributed by atoms with Gasteiger partial charge in [0.25, 0.3) is 5.69 Å². The summed E-state index contributed by atoms with van der Waals surface area (Å²) in [7, 11) is 0. The third-order valence-electron chi connectivity index (χ3n) is 3.76. The van der Waals surface area contributed by atoms with Crippen LogP contribution in [-0.4, -0.2) is 23.3 Å². The van der Waals surface area contributed by atoms with Crippen LogP contribution in [0.15, 0.2) is 30.3 Å². The molecule has 2 aromatic carbocycles. The number of hydrogen-bond acceptors (Lipinski definition) is 6. The van der Waals surface area contributed by atoms with Gasteiger partial charge in [-0.25, -0.2) is 4.79 Å². The summed E-state index contributed by atoms with van der Waals surface area (Å²) in [5, 5.41) is 22.0. The van der Waals surface area contributed by atoms with E-state index in [1.807, 2.05) is 0 Å². The van der Waals surface area contributed by atoms with Crippen LogP contribution in [0.2, 0.25) is 0 Å². The molecule has 0 amide bonds. The fourth-order valence-electron chi connectivity index (χ4n) is 2.77. The van der Waals surface area contributed by atoms with Gasteiger partial charge in [0, 0.05) is 41.0 Å². The first-order valence-corrected chi connectivity index (χ1v) is 7.11. The molecule has 0 saturated heterocycles. The van der Waals surface area contributed by atoms with Crippen molar-refractivity contribution >= 4 is 23.1 Å². The maximum Gasteiger partial charge on any atom is 0.339 e. The topological polar surface area (TPSA) is 126 Å². The summed E-state index contributed by atoms with van der Waals surface area (Å²) in [4.78, 5) is 35.1. The molecule has 2 N–H and O–H groups in total. The molecule has 1 aliphatic carbocycles. The molecule has 8 heteroatoms. The Bertz CT molecular complexity index is 890. The predicted octanol–water partition coefficient (Wildman–Crippen LogP) is 1.68. The highest BCUT2D eigenvalue weighted by atomic mass is 16.6. The van der Waals surface area contributed by atoms with Gasteiger partial charge >= 0.3 is 5.97 Å². The number of carbonyl (C=O) groups excluding carboxylic acids is 2. The number of nitro groups is 1. The lowest BCUT2D eigenvalue weighted by Gasteiger charge is -2.10. The van der Waals surface area contributed by atoms with Crippen molar-refractivity contribution in [2.45, 2.75) is 6.92 Å². The second-order valence-electron chi connectivity index (χ2n) is 5.15. The van der Waals surface area contributed by atoms with Gasteiger partial charge in [0.2, 0.25) is 0 Å². The van der Waals surface area contributed by atoms with Crippen LogP contribution in [0.4, 0.5) is 11.4 Å². The second kappa shape index (κ2) is 5.84. The number of rotatable bonds is 4. The molecule has 0 aromatic heterocycles. The molecule has 1 aliphatic rings. The van der Waals surface area contributed by atoms with Gasteiger partial charge in [-0.2, -0.15) is 0 Å². The van der Waals surface area contributed by atoms with E-state index in [-0.39, 0.29) is 34.7 Å². The third kappa shape index (κ3) is 2.34. The lowest BCUT2D eigenvalue weighted by molar-refractivity contribution is -0.497. The van der Waals surface area contributed by atoms with Gasteiger partial charge < -0.3 is 15.4 Å². The lowest BCUT2D eigenvalue weighted by Crippen LogP contribution is -2.70. The summed E-state index contributed by atoms with van der Waals surface area (Å²) < 4.78 is 4.99. The Balaban J connectivity index is 2.26. The maximum atomic E-state index is 12.6. The predicted molar refractivity (Wildman–Crippen MR) is 82.9 cm³/mol. The summed E-state index contributed by atoms with van der Waals surface area (Å²) in [6.07, 6.45) is 0. The quantitative estimate of drug-likeness (QED) is 0.336. The monoisotopic (exact) mass is 328 g/mol. The van der Waals surface area contributed by atoms with Gasteiger partial charge in [0.05, 0.1) is 17.1 Å². The SMILES string of the molecule is CCOC(=O)c1cc([NH2+][O-])cc2c1-c1ccc([N+](=O)[O-])cc1C2=O. The van der Waals surface area contributed by atoms with Crippen molar-refractivity contribution in [3.63, 3.8) is 0 Å². The van der Waals surface area contributed by atoms with Crippen LogP contribution in [0.1, 0.15) is 33.2 Å². The summed E-state index contributed by atoms with van der Waals surface area (Å²) in [6.45, 7) is 1.78. The van der Waals surface area contributed by atoms with E-state index in [0.717, 1.165) is 0 Å². The molecule has 0 spiro atoms. The zero-order chi connectivity index (χ0) is 17.4. The fraction of sp³-hybridized carbons (Fsp3) is 0.125. The van der Waals surface area contributed by atoms with Crippen LogP contribution < -0.4 is 5.48 Å². The largest absolute Gasteiger partial charge is 0.630 e. The first-order chi connectivity index (χ1) is 11.5. The lowest BCUT2D eigenvalue weighted by atomic mass is 9.98. The molecular formula is C16H12N2O6. The molecule has 0 bridgehead atoms. The number of carbonyl (C=O) groups is 2. The number of nitro benzene ring substituents is 1. The molecule has 8 nitrogen and oxygen atoms in total. The number of fused-ring (bicyclic) bond motifs is 3. The van der Waals surface area contributed by atoms with Crippen molar-refractivity contribution in [2.24, 2.45) is 0 Å². The van der Waals surface area contributed by atoms with Crippen molar-refractivity contribution in [3.8, 4) is 11.1 Å². The minimum atomic E-state index is -0.656. The van der Waals surface area contributed by atoms with Gasteiger partial charge in [-0.1, -0.05) is 0 Å². The number of nitrogens with zero attached hydrogens (tertiary/aromatic N) is 1. The molecule has 2 aromatic rings. The molecule has 24 heavy (non-hydrogen) atoms. The van der Waals surface area contributed by atoms with Crippen molar-refractivity contribution in [1.29, 1.82) is 0 Å². The molecule has 0 radical (unpaired) electrons. The van der Waals surface area contributed by atoms with E-state index >= 15 is 0 Å². The Morgan fingerprint density at radius 3 is 2.58 bits per heavy atom. The zero-order valence-electron chi connectivity index (χ0n) is 12.6. The number of nitrogens with two attached hydrogens (primary N) is 1. The van der Waals surface area contributed by atoms with Crippen molar-refractivity contribution in [2.75, 3.05) is 6.61 Å². The van der Waals surface area contributed by atoms with E-state index in [9.17, 15) is 24.9 Å². The first-order valence-electron chi connectivity index (χ1n) is 7.11. The molecule has 3 rings (SSSR count). The average Bonchev–Trinajstić information content (AvgIpc) is 2.86. The highest BCUT2D eigenvalue weighted by Crippen LogP contribution is 2.41. The van der Waals surface area contributed by atoms with E-state index in [0.29, 0.717) is 16.6 Å². The maximum absolute atomic E-state index is 12.6. The second-order valence-corrected chi connectivity index (χ2v) is 5.15. The van der Waals surface area contributed by atoms with E-state index in [4.69, 9.17) is 4.74 Å². The van der Waals surface area contributed by atoms with Crippen molar-refractivity contribution in [3.05, 3.63) is 62.3 Å². The fourth-order valence-corrected chi connectivity index (χ4v) is 2.77. The van der Waals surface area contributed by atoms with Crippen LogP contribution >= 0.6 is 0 Å². The van der Waals surface area contributed by atoms with Crippen LogP contribution in [0.25, 0.3) is 11.1 Å². The molecule has 0 unspecified atom stereocenters. The van der Waals surface area contributed by atoms with Gasteiger partial charge in [0.1, 0.15) is 5.69 Å². The summed E-state index contributed by atoms with van der Waals surface area (Å²) >= 11 is 0. The van der Waals surface area contributed by atoms with E-state index in [1.54, 1.807) is 6.92 Å². The summed E-state index contributed by atoms with van der Waals surface area (Å²) in [5.74, 6) is -1.12. The van der Waals surface area contributed by atoms with Crippen LogP contribution in [-0.2, 0) is 4.74 Å². The molecule has 0 aliphatic heterocycles. The van der Waals surface area contributed by atoms with Crippen LogP contribution in [0.5, 0.6) is 0 Å². The number of quaternary nitrogens is 1. The molecule has 0 saturated carbocycles. The number of ketones is 1. The Labute approximate surface area is 135 Å². The van der Waals surface area contributed by atoms with Crippen LogP contribution in [0, 0.1) is 15.3 Å². The standard InChI is InChI=1S/C16H12N2O6/c1-2-24-16(20)13-6-8(17-21)5-12-14(13)10-4-3-9(18(22)23)7-11(10)15(12)19/h3-7H,2,17H2,1H3. The molecule has 0 fully saturated rings. The smallest absolute Gasteiger partial charge is 0.339 e. The number of hydrogen-bond donors (Lipinski definition) is 1. The zero-order valence-corrected chi connectivity index (χ0v) is 12.6. The number of non-ortho nitro benzene ring substituents is 1. The molecule has 122 valence electrons. The minimum absolute atomic E-state index is 0.0948. The summed E-state index contributed by atoms with van der Waals surface area (Å²) in [5.41, 5.74) is 1.62. The Kier molecular flexibility index (Phi) is 3.84. The molecule has 0 heterocycles. The highest BCUT2D eigenvalue weighted by Gasteiger charge is 2.33. The first kappa shape index (κ1) is 15.8. The number of esters is 1. The Hall–Kier alpha value is -3.10. The normalized spacial score (nSPS) is 11.8. The molecule has 0 atom stereocenters. The van der Waals surface area contributed by atoms with Gasteiger partial charge in [-0.05, 0) is 18.6 Å². The highest BCUT2D eigenvalue weighted by molar-refractivity contribution is 6.24.